The molecule has 1 saturated heterocycles. The maximum atomic E-state index is 15.0. The number of carbonyl (C=O) groups is 2. The zero-order valence-electron chi connectivity index (χ0n) is 21.1. The lowest BCUT2D eigenvalue weighted by Gasteiger charge is -2.28. The first-order chi connectivity index (χ1) is 18.0. The fraction of sp³-hybridized carbons (Fsp3) is 0.370. The summed E-state index contributed by atoms with van der Waals surface area (Å²) < 4.78 is 29.9. The third-order valence-corrected chi connectivity index (χ3v) is 7.61. The van der Waals surface area contributed by atoms with Gasteiger partial charge in [0.25, 0.3) is 5.91 Å². The van der Waals surface area contributed by atoms with Crippen LogP contribution in [0.2, 0.25) is 0 Å². The maximum absolute atomic E-state index is 15.0. The molecule has 1 aliphatic heterocycles. The standard InChI is InChI=1S/C27H30F2N4O4S/c1-27(2,37)15-11-18(28)24(19(29)12-15)22-13-17(25(30)36)26(38-22)32-23-7-3-6-20(31-23)21(14-34)33-9-4-5-16(35)8-10-33/h3,6-7,11-13,21,34,37H,4-5,8-10,14H2,1-2H3,(H2,30,36)(H,31,32). The van der Waals surface area contributed by atoms with Crippen molar-refractivity contribution in [3.8, 4) is 10.4 Å². The van der Waals surface area contributed by atoms with Crippen LogP contribution >= 0.6 is 11.3 Å². The number of aromatic nitrogens is 1. The van der Waals surface area contributed by atoms with Gasteiger partial charge in [-0.3, -0.25) is 14.5 Å². The predicted molar refractivity (Wildman–Crippen MR) is 141 cm³/mol. The van der Waals surface area contributed by atoms with E-state index >= 15 is 0 Å². The van der Waals surface area contributed by atoms with Gasteiger partial charge in [-0.05, 0) is 62.7 Å². The largest absolute Gasteiger partial charge is 0.394 e. The average Bonchev–Trinajstić information content (AvgIpc) is 3.13. The van der Waals surface area contributed by atoms with Crippen molar-refractivity contribution in [2.45, 2.75) is 44.8 Å². The second-order valence-corrected chi connectivity index (χ2v) is 10.8. The van der Waals surface area contributed by atoms with Crippen LogP contribution in [0.5, 0.6) is 0 Å². The van der Waals surface area contributed by atoms with Crippen molar-refractivity contribution in [3.63, 3.8) is 0 Å². The monoisotopic (exact) mass is 544 g/mol. The fourth-order valence-electron chi connectivity index (χ4n) is 4.47. The van der Waals surface area contributed by atoms with E-state index in [1.54, 1.807) is 18.2 Å². The second kappa shape index (κ2) is 11.2. The number of hydrogen-bond acceptors (Lipinski definition) is 8. The van der Waals surface area contributed by atoms with Crippen LogP contribution in [0.25, 0.3) is 10.4 Å². The number of anilines is 2. The van der Waals surface area contributed by atoms with Gasteiger partial charge < -0.3 is 21.3 Å². The highest BCUT2D eigenvalue weighted by molar-refractivity contribution is 7.20. The lowest BCUT2D eigenvalue weighted by molar-refractivity contribution is -0.118. The molecule has 38 heavy (non-hydrogen) atoms. The lowest BCUT2D eigenvalue weighted by Crippen LogP contribution is -2.32. The minimum absolute atomic E-state index is 0.0345. The molecule has 1 fully saturated rings. The number of rotatable bonds is 8. The van der Waals surface area contributed by atoms with Gasteiger partial charge in [0.05, 0.1) is 35.1 Å². The lowest BCUT2D eigenvalue weighted by atomic mass is 9.96. The second-order valence-electron chi connectivity index (χ2n) is 9.79. The molecule has 1 aromatic carbocycles. The van der Waals surface area contributed by atoms with Gasteiger partial charge in [-0.15, -0.1) is 11.3 Å². The van der Waals surface area contributed by atoms with Gasteiger partial charge in [-0.1, -0.05) is 6.07 Å². The minimum atomic E-state index is -1.44. The third kappa shape index (κ3) is 6.07. The van der Waals surface area contributed by atoms with E-state index in [-0.39, 0.29) is 39.0 Å². The van der Waals surface area contributed by atoms with Crippen molar-refractivity contribution in [2.75, 3.05) is 25.0 Å². The molecule has 3 heterocycles. The summed E-state index contributed by atoms with van der Waals surface area (Å²) in [5.41, 5.74) is 4.47. The highest BCUT2D eigenvalue weighted by atomic mass is 32.1. The molecule has 1 aliphatic rings. The van der Waals surface area contributed by atoms with Crippen molar-refractivity contribution < 1.29 is 28.6 Å². The van der Waals surface area contributed by atoms with E-state index in [4.69, 9.17) is 5.73 Å². The Morgan fingerprint density at radius 3 is 2.55 bits per heavy atom. The smallest absolute Gasteiger partial charge is 0.251 e. The molecule has 1 unspecified atom stereocenters. The van der Waals surface area contributed by atoms with Crippen LogP contribution in [0, 0.1) is 11.6 Å². The summed E-state index contributed by atoms with van der Waals surface area (Å²) in [6, 6.07) is 8.18. The molecule has 3 aromatic rings. The molecule has 0 spiro atoms. The number of hydrogen-bond donors (Lipinski definition) is 4. The first-order valence-corrected chi connectivity index (χ1v) is 13.1. The van der Waals surface area contributed by atoms with E-state index in [0.717, 1.165) is 23.5 Å². The first kappa shape index (κ1) is 27.8. The van der Waals surface area contributed by atoms with Gasteiger partial charge in [-0.25, -0.2) is 13.8 Å². The van der Waals surface area contributed by atoms with E-state index in [1.165, 1.54) is 19.9 Å². The number of carbonyl (C=O) groups excluding carboxylic acids is 2. The first-order valence-electron chi connectivity index (χ1n) is 12.2. The van der Waals surface area contributed by atoms with E-state index in [1.807, 2.05) is 4.90 Å². The summed E-state index contributed by atoms with van der Waals surface area (Å²) >= 11 is 0.937. The molecule has 1 amide bonds. The molecule has 4 rings (SSSR count). The summed E-state index contributed by atoms with van der Waals surface area (Å²) in [7, 11) is 0. The number of nitrogens with two attached hydrogens (primary N) is 1. The number of Topliss-reactive ketones (excluding diaryl/α,β-unsaturated/α-hetero) is 1. The quantitative estimate of drug-likeness (QED) is 0.334. The number of aliphatic hydroxyl groups is 2. The van der Waals surface area contributed by atoms with Crippen molar-refractivity contribution in [2.24, 2.45) is 5.73 Å². The number of amides is 1. The summed E-state index contributed by atoms with van der Waals surface area (Å²) in [5.74, 6) is -2.01. The van der Waals surface area contributed by atoms with Crippen molar-refractivity contribution in [3.05, 3.63) is 64.9 Å². The van der Waals surface area contributed by atoms with Crippen LogP contribution in [0.3, 0.4) is 0 Å². The molecule has 11 heteroatoms. The Morgan fingerprint density at radius 2 is 1.92 bits per heavy atom. The number of aliphatic hydroxyl groups excluding tert-OH is 1. The average molecular weight is 545 g/mol. The predicted octanol–water partition coefficient (Wildman–Crippen LogP) is 4.25. The van der Waals surface area contributed by atoms with Gasteiger partial charge in [-0.2, -0.15) is 0 Å². The summed E-state index contributed by atoms with van der Waals surface area (Å²) in [4.78, 5) is 30.8. The van der Waals surface area contributed by atoms with Crippen LogP contribution in [-0.4, -0.2) is 51.5 Å². The molecule has 202 valence electrons. The van der Waals surface area contributed by atoms with E-state index in [0.29, 0.717) is 43.9 Å². The number of thiophene rings is 1. The number of nitrogens with zero attached hydrogens (tertiary/aromatic N) is 2. The zero-order chi connectivity index (χ0) is 27.6. The fourth-order valence-corrected chi connectivity index (χ4v) is 5.59. The number of primary amides is 1. The normalized spacial score (nSPS) is 15.8. The number of ketones is 1. The Labute approximate surface area is 223 Å². The van der Waals surface area contributed by atoms with E-state index < -0.39 is 29.2 Å². The number of nitrogens with one attached hydrogen (secondary N) is 1. The SMILES string of the molecule is CC(C)(O)c1cc(F)c(-c2cc(C(N)=O)c(Nc3cccc(C(CO)N4CCCC(=O)CC4)n3)s2)c(F)c1. The van der Waals surface area contributed by atoms with Crippen molar-refractivity contribution in [1.29, 1.82) is 0 Å². The van der Waals surface area contributed by atoms with Gasteiger partial charge in [0.15, 0.2) is 0 Å². The molecular formula is C27H30F2N4O4S. The zero-order valence-corrected chi connectivity index (χ0v) is 21.9. The van der Waals surface area contributed by atoms with Crippen LogP contribution in [0.1, 0.15) is 60.8 Å². The molecule has 5 N–H and O–H groups in total. The Morgan fingerprint density at radius 1 is 1.21 bits per heavy atom. The number of halogens is 2. The number of benzene rings is 1. The molecule has 8 nitrogen and oxygen atoms in total. The summed E-state index contributed by atoms with van der Waals surface area (Å²) in [6.07, 6.45) is 1.64. The van der Waals surface area contributed by atoms with Crippen molar-refractivity contribution >= 4 is 33.8 Å². The molecular weight excluding hydrogens is 514 g/mol. The van der Waals surface area contributed by atoms with Crippen LogP contribution in [0.4, 0.5) is 19.6 Å². The van der Waals surface area contributed by atoms with Crippen LogP contribution in [0.15, 0.2) is 36.4 Å². The third-order valence-electron chi connectivity index (χ3n) is 6.54. The summed E-state index contributed by atoms with van der Waals surface area (Å²) in [5, 5.41) is 23.5. The Hall–Kier alpha value is -3.25. The van der Waals surface area contributed by atoms with Crippen molar-refractivity contribution in [1.82, 2.24) is 9.88 Å². The van der Waals surface area contributed by atoms with E-state index in [9.17, 15) is 28.6 Å². The molecule has 2 aromatic heterocycles. The molecule has 0 saturated carbocycles. The minimum Gasteiger partial charge on any atom is -0.394 e. The van der Waals surface area contributed by atoms with Gasteiger partial charge in [0.2, 0.25) is 0 Å². The highest BCUT2D eigenvalue weighted by Crippen LogP contribution is 2.40. The Bertz CT molecular complexity index is 1330. The molecule has 0 aliphatic carbocycles. The Kier molecular flexibility index (Phi) is 8.22. The van der Waals surface area contributed by atoms with Gasteiger partial charge in [0, 0.05) is 24.3 Å². The number of pyridine rings is 1. The maximum Gasteiger partial charge on any atom is 0.251 e. The van der Waals surface area contributed by atoms with Gasteiger partial charge >= 0.3 is 0 Å². The number of likely N-dealkylation sites (tertiary alicyclic amines) is 1. The van der Waals surface area contributed by atoms with Gasteiger partial charge in [0.1, 0.15) is 28.2 Å². The summed E-state index contributed by atoms with van der Waals surface area (Å²) in [6.45, 7) is 3.83. The molecule has 1 atom stereocenters. The molecule has 0 bridgehead atoms. The highest BCUT2D eigenvalue weighted by Gasteiger charge is 2.26. The van der Waals surface area contributed by atoms with E-state index in [2.05, 4.69) is 10.3 Å². The van der Waals surface area contributed by atoms with Crippen LogP contribution in [-0.2, 0) is 10.4 Å². The van der Waals surface area contributed by atoms with Crippen LogP contribution < -0.4 is 11.1 Å². The topological polar surface area (TPSA) is 129 Å². The Balaban J connectivity index is 1.65. The molecule has 0 radical (unpaired) electrons.